The fourth-order valence-corrected chi connectivity index (χ4v) is 1.08. The van der Waals surface area contributed by atoms with E-state index >= 15 is 0 Å². The van der Waals surface area contributed by atoms with Gasteiger partial charge in [-0.25, -0.2) is 0 Å². The van der Waals surface area contributed by atoms with Crippen LogP contribution in [0.15, 0.2) is 24.3 Å². The normalized spacial score (nSPS) is 6.53. The molecule has 0 spiro atoms. The van der Waals surface area contributed by atoms with Crippen molar-refractivity contribution in [3.63, 3.8) is 0 Å². The van der Waals surface area contributed by atoms with Gasteiger partial charge in [0.25, 0.3) is 0 Å². The molecule has 0 aromatic heterocycles. The zero-order valence-electron chi connectivity index (χ0n) is 10.4. The molecular formula is C13H14CrO5. The van der Waals surface area contributed by atoms with Gasteiger partial charge in [0, 0.05) is 24.0 Å². The predicted octanol–water partition coefficient (Wildman–Crippen LogP) is 1.51. The Balaban J connectivity index is -0.000000142. The predicted molar refractivity (Wildman–Crippen MR) is 60.2 cm³/mol. The van der Waals surface area contributed by atoms with E-state index in [1.165, 1.54) is 5.56 Å². The van der Waals surface area contributed by atoms with Crippen LogP contribution in [-0.4, -0.2) is 18.8 Å². The van der Waals surface area contributed by atoms with E-state index in [0.717, 1.165) is 18.6 Å². The minimum atomic E-state index is 0. The second-order valence-corrected chi connectivity index (χ2v) is 2.68. The van der Waals surface area contributed by atoms with Crippen molar-refractivity contribution in [3.05, 3.63) is 49.8 Å². The fourth-order valence-electron chi connectivity index (χ4n) is 1.08. The van der Waals surface area contributed by atoms with Crippen molar-refractivity contribution in [2.45, 2.75) is 12.8 Å². The molecule has 1 rings (SSSR count). The number of aliphatic hydroxyl groups is 1. The van der Waals surface area contributed by atoms with Gasteiger partial charge in [0.15, 0.2) is 0 Å². The maximum atomic E-state index is 8.60. The molecule has 102 valence electrons. The molecule has 0 fully saturated rings. The molecule has 0 radical (unpaired) electrons. The molecular weight excluding hydrogens is 288 g/mol. The van der Waals surface area contributed by atoms with Crippen molar-refractivity contribution in [2.24, 2.45) is 0 Å². The third-order valence-corrected chi connectivity index (χ3v) is 1.78. The molecule has 0 aliphatic heterocycles. The third-order valence-electron chi connectivity index (χ3n) is 1.78. The van der Waals surface area contributed by atoms with Crippen molar-refractivity contribution in [2.75, 3.05) is 13.7 Å². The number of ether oxygens (including phenoxy) is 1. The van der Waals surface area contributed by atoms with Gasteiger partial charge in [-0.1, -0.05) is 12.1 Å². The van der Waals surface area contributed by atoms with Crippen LogP contribution < -0.4 is 4.74 Å². The Morgan fingerprint density at radius 2 is 1.42 bits per heavy atom. The summed E-state index contributed by atoms with van der Waals surface area (Å²) in [5.41, 5.74) is 1.24. The molecule has 0 unspecified atom stereocenters. The summed E-state index contributed by atoms with van der Waals surface area (Å²) in [6, 6.07) is 7.92. The molecule has 19 heavy (non-hydrogen) atoms. The number of methoxy groups -OCH3 is 1. The number of benzene rings is 1. The summed E-state index contributed by atoms with van der Waals surface area (Å²) in [6.45, 7) is 13.8. The van der Waals surface area contributed by atoms with E-state index in [1.807, 2.05) is 24.3 Å². The molecule has 5 nitrogen and oxygen atoms in total. The number of aryl methyl sites for hydroxylation is 1. The van der Waals surface area contributed by atoms with Gasteiger partial charge in [-0.05, 0) is 30.5 Å². The molecule has 0 saturated heterocycles. The smallest absolute Gasteiger partial charge is 0 e. The zero-order valence-corrected chi connectivity index (χ0v) is 11.7. The van der Waals surface area contributed by atoms with E-state index in [4.69, 9.17) is 23.8 Å². The van der Waals surface area contributed by atoms with Gasteiger partial charge < -0.3 is 9.84 Å². The summed E-state index contributed by atoms with van der Waals surface area (Å²) >= 11 is 0. The molecule has 1 aromatic carbocycles. The first-order valence-electron chi connectivity index (χ1n) is 4.72. The summed E-state index contributed by atoms with van der Waals surface area (Å²) in [5.74, 6) is 0.878. The molecule has 0 atom stereocenters. The maximum absolute atomic E-state index is 8.60. The van der Waals surface area contributed by atoms with Gasteiger partial charge in [-0.3, -0.25) is 0 Å². The van der Waals surface area contributed by atoms with Gasteiger partial charge in [0.05, 0.1) is 7.11 Å². The molecule has 0 amide bonds. The monoisotopic (exact) mass is 302 g/mol. The SMILES string of the molecule is COc1ccc(CCCO)cc1.[C-]#[O+].[C-]#[O+].[C-]#[O+].[Cr]. The van der Waals surface area contributed by atoms with Crippen LogP contribution >= 0.6 is 0 Å². The first-order valence-corrected chi connectivity index (χ1v) is 4.72. The number of hydrogen-bond donors (Lipinski definition) is 1. The molecule has 1 N–H and O–H groups in total. The largest absolute Gasteiger partial charge is 0 e. The second-order valence-electron chi connectivity index (χ2n) is 2.68. The van der Waals surface area contributed by atoms with E-state index in [9.17, 15) is 0 Å². The van der Waals surface area contributed by atoms with Crippen LogP contribution in [0.2, 0.25) is 0 Å². The molecule has 0 aliphatic carbocycles. The van der Waals surface area contributed by atoms with Crippen molar-refractivity contribution in [1.82, 2.24) is 0 Å². The second kappa shape index (κ2) is 25.5. The van der Waals surface area contributed by atoms with E-state index in [2.05, 4.69) is 20.0 Å². The van der Waals surface area contributed by atoms with Crippen LogP contribution in [0.5, 0.6) is 5.75 Å². The van der Waals surface area contributed by atoms with Gasteiger partial charge in [0.1, 0.15) is 5.75 Å². The number of aliphatic hydroxyl groups excluding tert-OH is 1. The number of rotatable bonds is 4. The van der Waals surface area contributed by atoms with E-state index in [0.29, 0.717) is 0 Å². The Morgan fingerprint density at radius 3 is 1.74 bits per heavy atom. The molecule has 0 heterocycles. The van der Waals surface area contributed by atoms with Crippen molar-refractivity contribution >= 4 is 0 Å². The maximum Gasteiger partial charge on any atom is 0 e. The Morgan fingerprint density at radius 1 is 1.00 bits per heavy atom. The molecule has 0 bridgehead atoms. The topological polar surface area (TPSA) is 89.2 Å². The Kier molecular flexibility index (Phi) is 35.4. The first-order chi connectivity index (χ1) is 8.86. The first kappa shape index (κ1) is 26.3. The zero-order chi connectivity index (χ0) is 14.8. The summed E-state index contributed by atoms with van der Waals surface area (Å²) in [6.07, 6.45) is 1.76. The standard InChI is InChI=1S/C10H14O2.3CO.Cr/c1-12-10-6-4-9(5-7-10)3-2-8-11;3*1-2;/h4-7,11H,2-3,8H2,1H3;;;;. The van der Waals surface area contributed by atoms with Gasteiger partial charge in [0.2, 0.25) is 0 Å². The third kappa shape index (κ3) is 16.7. The average Bonchev–Trinajstić information content (AvgIpc) is 2.51. The molecule has 6 heteroatoms. The van der Waals surface area contributed by atoms with E-state index in [1.54, 1.807) is 7.11 Å². The average molecular weight is 302 g/mol. The van der Waals surface area contributed by atoms with Crippen LogP contribution in [0.4, 0.5) is 0 Å². The minimum Gasteiger partial charge on any atom is 0 e. The fraction of sp³-hybridized carbons (Fsp3) is 0.308. The molecule has 0 saturated carbocycles. The summed E-state index contributed by atoms with van der Waals surface area (Å²) < 4.78 is 27.5. The van der Waals surface area contributed by atoms with Gasteiger partial charge >= 0.3 is 33.9 Å². The number of hydrogen-bond acceptors (Lipinski definition) is 2. The Hall–Kier alpha value is -1.27. The Labute approximate surface area is 123 Å². The van der Waals surface area contributed by atoms with E-state index in [-0.39, 0.29) is 24.0 Å². The Bertz CT molecular complexity index is 315. The summed E-state index contributed by atoms with van der Waals surface area (Å²) in [5, 5.41) is 8.60. The summed E-state index contributed by atoms with van der Waals surface area (Å²) in [4.78, 5) is 0. The van der Waals surface area contributed by atoms with Crippen LogP contribution in [0, 0.1) is 20.0 Å². The van der Waals surface area contributed by atoms with Crippen molar-refractivity contribution < 1.29 is 41.2 Å². The van der Waals surface area contributed by atoms with Crippen LogP contribution in [0.25, 0.3) is 0 Å². The van der Waals surface area contributed by atoms with E-state index < -0.39 is 0 Å². The quantitative estimate of drug-likeness (QED) is 0.674. The minimum absolute atomic E-state index is 0. The van der Waals surface area contributed by atoms with Crippen LogP contribution in [0.3, 0.4) is 0 Å². The van der Waals surface area contributed by atoms with Gasteiger partial charge in [-0.2, -0.15) is 0 Å². The summed E-state index contributed by atoms with van der Waals surface area (Å²) in [7, 11) is 1.66. The van der Waals surface area contributed by atoms with Crippen molar-refractivity contribution in [3.8, 4) is 5.75 Å². The van der Waals surface area contributed by atoms with Crippen molar-refractivity contribution in [1.29, 1.82) is 0 Å². The van der Waals surface area contributed by atoms with Crippen LogP contribution in [-0.2, 0) is 37.7 Å². The van der Waals surface area contributed by atoms with Crippen LogP contribution in [0.1, 0.15) is 12.0 Å². The molecule has 0 aliphatic rings. The van der Waals surface area contributed by atoms with Gasteiger partial charge in [-0.15, -0.1) is 0 Å². The molecule has 1 aromatic rings.